The van der Waals surface area contributed by atoms with Gasteiger partial charge in [-0.15, -0.1) is 0 Å². The van der Waals surface area contributed by atoms with Gasteiger partial charge in [0.25, 0.3) is 5.91 Å². The molecule has 124 valence electrons. The lowest BCUT2D eigenvalue weighted by molar-refractivity contribution is 0.0948. The highest BCUT2D eigenvalue weighted by Crippen LogP contribution is 2.44. The maximum atomic E-state index is 12.5. The first kappa shape index (κ1) is 16.9. The molecule has 2 aromatic rings. The molecule has 0 fully saturated rings. The molecule has 3 rings (SSSR count). The van der Waals surface area contributed by atoms with Crippen LogP contribution in [0.15, 0.2) is 52.5 Å². The second-order valence-electron chi connectivity index (χ2n) is 6.40. The predicted octanol–water partition coefficient (Wildman–Crippen LogP) is 4.18. The molecular formula is C20H20BrNO2. The van der Waals surface area contributed by atoms with Gasteiger partial charge in [-0.1, -0.05) is 46.3 Å². The third-order valence-corrected chi connectivity index (χ3v) is 5.20. The smallest absolute Gasteiger partial charge is 0.252 e. The molecule has 4 heteroatoms. The Kier molecular flexibility index (Phi) is 4.37. The molecule has 1 amide bonds. The van der Waals surface area contributed by atoms with E-state index in [4.69, 9.17) is 0 Å². The van der Waals surface area contributed by atoms with Crippen molar-refractivity contribution in [3.8, 4) is 0 Å². The first-order chi connectivity index (χ1) is 11.4. The summed E-state index contributed by atoms with van der Waals surface area (Å²) in [6.07, 6.45) is 0. The van der Waals surface area contributed by atoms with E-state index in [2.05, 4.69) is 21.2 Å². The molecule has 0 spiro atoms. The summed E-state index contributed by atoms with van der Waals surface area (Å²) in [7, 11) is 0. The Labute approximate surface area is 150 Å². The van der Waals surface area contributed by atoms with Crippen LogP contribution in [0.4, 0.5) is 0 Å². The Hall–Kier alpha value is -1.91. The quantitative estimate of drug-likeness (QED) is 0.832. The number of nitrogens with one attached hydrogen (secondary N) is 1. The molecule has 3 nitrogen and oxygen atoms in total. The second-order valence-corrected chi connectivity index (χ2v) is 7.31. The van der Waals surface area contributed by atoms with Gasteiger partial charge in [-0.25, -0.2) is 0 Å². The average molecular weight is 386 g/mol. The number of hydrogen-bond donors (Lipinski definition) is 2. The monoisotopic (exact) mass is 385 g/mol. The van der Waals surface area contributed by atoms with E-state index < -0.39 is 5.54 Å². The Morgan fingerprint density at radius 1 is 1.25 bits per heavy atom. The van der Waals surface area contributed by atoms with Crippen molar-refractivity contribution in [3.63, 3.8) is 0 Å². The molecule has 1 aliphatic rings. The van der Waals surface area contributed by atoms with Gasteiger partial charge >= 0.3 is 0 Å². The molecule has 0 bridgehead atoms. The van der Waals surface area contributed by atoms with E-state index in [1.165, 1.54) is 0 Å². The number of rotatable bonds is 3. The van der Waals surface area contributed by atoms with Gasteiger partial charge in [-0.2, -0.15) is 0 Å². The summed E-state index contributed by atoms with van der Waals surface area (Å²) in [5.41, 5.74) is 4.89. The standard InChI is InChI=1S/C20H20BrNO2/c1-12-6-4-5-7-15(12)18(13(2)11-23)20(3)17-9-8-14(21)10-16(17)19(24)22-20/h4-10,23H,11H2,1-3H3,(H,22,24)/b18-13-. The fourth-order valence-corrected chi connectivity index (χ4v) is 3.92. The highest BCUT2D eigenvalue weighted by Gasteiger charge is 2.43. The van der Waals surface area contributed by atoms with Crippen LogP contribution >= 0.6 is 15.9 Å². The molecule has 1 atom stereocenters. The highest BCUT2D eigenvalue weighted by atomic mass is 79.9. The van der Waals surface area contributed by atoms with E-state index in [1.54, 1.807) is 0 Å². The summed E-state index contributed by atoms with van der Waals surface area (Å²) >= 11 is 3.43. The van der Waals surface area contributed by atoms with Crippen molar-refractivity contribution >= 4 is 27.4 Å². The summed E-state index contributed by atoms with van der Waals surface area (Å²) in [4.78, 5) is 12.5. The first-order valence-corrected chi connectivity index (χ1v) is 8.67. The van der Waals surface area contributed by atoms with Crippen molar-refractivity contribution in [2.75, 3.05) is 6.61 Å². The molecule has 0 aliphatic carbocycles. The Balaban J connectivity index is 2.29. The normalized spacial score (nSPS) is 20.5. The fraction of sp³-hybridized carbons (Fsp3) is 0.250. The van der Waals surface area contributed by atoms with Gasteiger partial charge in [-0.3, -0.25) is 4.79 Å². The average Bonchev–Trinajstić information content (AvgIpc) is 2.80. The van der Waals surface area contributed by atoms with E-state index in [9.17, 15) is 9.90 Å². The summed E-state index contributed by atoms with van der Waals surface area (Å²) in [5, 5.41) is 12.9. The topological polar surface area (TPSA) is 49.3 Å². The van der Waals surface area contributed by atoms with Gasteiger partial charge in [0.2, 0.25) is 0 Å². The third-order valence-electron chi connectivity index (χ3n) is 4.71. The number of carbonyl (C=O) groups excluding carboxylic acids is 1. The SMILES string of the molecule is C/C(CO)=C(\c1ccccc1C)C1(C)NC(=O)c2cc(Br)ccc21. The molecule has 1 unspecified atom stereocenters. The summed E-state index contributed by atoms with van der Waals surface area (Å²) in [6.45, 7) is 5.91. The highest BCUT2D eigenvalue weighted by molar-refractivity contribution is 9.10. The number of benzene rings is 2. The molecule has 2 N–H and O–H groups in total. The number of amides is 1. The molecule has 1 heterocycles. The van der Waals surface area contributed by atoms with Crippen molar-refractivity contribution in [1.82, 2.24) is 5.32 Å². The van der Waals surface area contributed by atoms with E-state index in [0.29, 0.717) is 5.56 Å². The first-order valence-electron chi connectivity index (χ1n) is 7.88. The van der Waals surface area contributed by atoms with E-state index in [-0.39, 0.29) is 12.5 Å². The zero-order valence-electron chi connectivity index (χ0n) is 14.0. The van der Waals surface area contributed by atoms with Crippen molar-refractivity contribution < 1.29 is 9.90 Å². The van der Waals surface area contributed by atoms with Crippen LogP contribution in [0.2, 0.25) is 0 Å². The Morgan fingerprint density at radius 3 is 2.62 bits per heavy atom. The minimum atomic E-state index is -0.675. The van der Waals surface area contributed by atoms with Gasteiger partial charge in [0.05, 0.1) is 12.1 Å². The molecular weight excluding hydrogens is 366 g/mol. The summed E-state index contributed by atoms with van der Waals surface area (Å²) < 4.78 is 0.876. The Bertz CT molecular complexity index is 856. The lowest BCUT2D eigenvalue weighted by atomic mass is 9.78. The zero-order valence-corrected chi connectivity index (χ0v) is 15.6. The van der Waals surface area contributed by atoms with E-state index in [1.807, 2.05) is 63.2 Å². The molecule has 1 aliphatic heterocycles. The number of aliphatic hydroxyl groups is 1. The third kappa shape index (κ3) is 2.60. The van der Waals surface area contributed by atoms with Crippen molar-refractivity contribution in [2.45, 2.75) is 26.3 Å². The number of hydrogen-bond acceptors (Lipinski definition) is 2. The van der Waals surface area contributed by atoms with Gasteiger partial charge in [0.15, 0.2) is 0 Å². The number of fused-ring (bicyclic) bond motifs is 1. The molecule has 0 saturated carbocycles. The number of halogens is 1. The minimum Gasteiger partial charge on any atom is -0.392 e. The summed E-state index contributed by atoms with van der Waals surface area (Å²) in [5.74, 6) is -0.0920. The van der Waals surface area contributed by atoms with Crippen LogP contribution < -0.4 is 5.32 Å². The van der Waals surface area contributed by atoms with Gasteiger partial charge in [0.1, 0.15) is 0 Å². The van der Waals surface area contributed by atoms with Gasteiger partial charge in [-0.05, 0) is 60.7 Å². The second kappa shape index (κ2) is 6.19. The van der Waals surface area contributed by atoms with Crippen molar-refractivity contribution in [2.24, 2.45) is 0 Å². The Morgan fingerprint density at radius 2 is 1.96 bits per heavy atom. The predicted molar refractivity (Wildman–Crippen MR) is 99.8 cm³/mol. The van der Waals surface area contributed by atoms with Crippen molar-refractivity contribution in [3.05, 3.63) is 74.8 Å². The van der Waals surface area contributed by atoms with Crippen LogP contribution in [0.1, 0.15) is 40.9 Å². The van der Waals surface area contributed by atoms with Crippen LogP contribution in [0, 0.1) is 6.92 Å². The van der Waals surface area contributed by atoms with Crippen LogP contribution in [0.3, 0.4) is 0 Å². The van der Waals surface area contributed by atoms with Crippen LogP contribution in [-0.2, 0) is 5.54 Å². The zero-order chi connectivity index (χ0) is 17.5. The maximum Gasteiger partial charge on any atom is 0.252 e. The molecule has 0 radical (unpaired) electrons. The van der Waals surface area contributed by atoms with Crippen LogP contribution in [-0.4, -0.2) is 17.6 Å². The lowest BCUT2D eigenvalue weighted by Gasteiger charge is -2.32. The fourth-order valence-electron chi connectivity index (χ4n) is 3.56. The van der Waals surface area contributed by atoms with E-state index in [0.717, 1.165) is 32.3 Å². The van der Waals surface area contributed by atoms with Crippen LogP contribution in [0.25, 0.3) is 5.57 Å². The number of carbonyl (C=O) groups is 1. The largest absolute Gasteiger partial charge is 0.392 e. The summed E-state index contributed by atoms with van der Waals surface area (Å²) in [6, 6.07) is 13.8. The van der Waals surface area contributed by atoms with Crippen molar-refractivity contribution in [1.29, 1.82) is 0 Å². The molecule has 2 aromatic carbocycles. The molecule has 24 heavy (non-hydrogen) atoms. The van der Waals surface area contributed by atoms with Crippen LogP contribution in [0.5, 0.6) is 0 Å². The lowest BCUT2D eigenvalue weighted by Crippen LogP contribution is -2.38. The van der Waals surface area contributed by atoms with Gasteiger partial charge in [0, 0.05) is 10.0 Å². The maximum absolute atomic E-state index is 12.5. The van der Waals surface area contributed by atoms with E-state index >= 15 is 0 Å². The number of aliphatic hydroxyl groups excluding tert-OH is 1. The molecule has 0 saturated heterocycles. The molecule has 0 aromatic heterocycles. The number of aryl methyl sites for hydroxylation is 1. The minimum absolute atomic E-state index is 0.0546. The van der Waals surface area contributed by atoms with Gasteiger partial charge < -0.3 is 10.4 Å².